The van der Waals surface area contributed by atoms with Gasteiger partial charge in [-0.25, -0.2) is 0 Å². The zero-order chi connectivity index (χ0) is 15.4. The molecule has 1 unspecified atom stereocenters. The number of para-hydroxylation sites is 1. The standard InChI is InChI=1S/C14H19N3O4/c15-13-11(5-3-6-12(13)17(20)21)14(19)16-8-2-1-4-10(16)7-9-18/h3,5-6,10,18H,1-2,4,7-9,15H2. The molecule has 0 aromatic heterocycles. The van der Waals surface area contributed by atoms with E-state index in [0.29, 0.717) is 13.0 Å². The second kappa shape index (κ2) is 6.53. The lowest BCUT2D eigenvalue weighted by Gasteiger charge is -2.35. The van der Waals surface area contributed by atoms with Crippen molar-refractivity contribution >= 4 is 17.3 Å². The number of carbonyl (C=O) groups excluding carboxylic acids is 1. The molecule has 7 heteroatoms. The Bertz CT molecular complexity index is 545. The van der Waals surface area contributed by atoms with Crippen LogP contribution in [0.15, 0.2) is 18.2 Å². The number of hydrogen-bond donors (Lipinski definition) is 2. The maximum absolute atomic E-state index is 12.6. The van der Waals surface area contributed by atoms with E-state index in [1.54, 1.807) is 4.90 Å². The number of nitro groups is 1. The van der Waals surface area contributed by atoms with Crippen molar-refractivity contribution in [3.05, 3.63) is 33.9 Å². The molecular weight excluding hydrogens is 274 g/mol. The SMILES string of the molecule is Nc1c(C(=O)N2CCCCC2CCO)cccc1[N+](=O)[O-]. The van der Waals surface area contributed by atoms with Crippen molar-refractivity contribution in [2.75, 3.05) is 18.9 Å². The summed E-state index contributed by atoms with van der Waals surface area (Å²) in [5.41, 5.74) is 5.58. The van der Waals surface area contributed by atoms with Gasteiger partial charge < -0.3 is 15.7 Å². The lowest BCUT2D eigenvalue weighted by Crippen LogP contribution is -2.44. The van der Waals surface area contributed by atoms with Gasteiger partial charge in [0.05, 0.1) is 10.5 Å². The third-order valence-corrected chi connectivity index (χ3v) is 3.86. The Kier molecular flexibility index (Phi) is 4.74. The monoisotopic (exact) mass is 293 g/mol. The fraction of sp³-hybridized carbons (Fsp3) is 0.500. The molecule has 0 bridgehead atoms. The Hall–Kier alpha value is -2.15. The topological polar surface area (TPSA) is 110 Å². The number of anilines is 1. The summed E-state index contributed by atoms with van der Waals surface area (Å²) in [4.78, 5) is 24.6. The van der Waals surface area contributed by atoms with E-state index in [2.05, 4.69) is 0 Å². The lowest BCUT2D eigenvalue weighted by molar-refractivity contribution is -0.383. The average Bonchev–Trinajstić information content (AvgIpc) is 2.47. The molecule has 1 aromatic carbocycles. The maximum atomic E-state index is 12.6. The van der Waals surface area contributed by atoms with Gasteiger partial charge >= 0.3 is 0 Å². The second-order valence-electron chi connectivity index (χ2n) is 5.16. The van der Waals surface area contributed by atoms with E-state index in [4.69, 9.17) is 10.8 Å². The molecule has 1 aliphatic rings. The van der Waals surface area contributed by atoms with E-state index >= 15 is 0 Å². The molecule has 1 aliphatic heterocycles. The Balaban J connectivity index is 2.30. The Labute approximate surface area is 122 Å². The minimum atomic E-state index is -0.590. The summed E-state index contributed by atoms with van der Waals surface area (Å²) >= 11 is 0. The first-order valence-electron chi connectivity index (χ1n) is 7.01. The van der Waals surface area contributed by atoms with Gasteiger partial charge in [-0.3, -0.25) is 14.9 Å². The first-order chi connectivity index (χ1) is 10.1. The highest BCUT2D eigenvalue weighted by Crippen LogP contribution is 2.28. The first kappa shape index (κ1) is 15.2. The molecule has 7 nitrogen and oxygen atoms in total. The molecular formula is C14H19N3O4. The highest BCUT2D eigenvalue weighted by molar-refractivity contribution is 6.01. The predicted octanol–water partition coefficient (Wildman–Crippen LogP) is 1.55. The van der Waals surface area contributed by atoms with Crippen LogP contribution in [-0.2, 0) is 0 Å². The minimum absolute atomic E-state index is 0.0128. The summed E-state index contributed by atoms with van der Waals surface area (Å²) in [6, 6.07) is 4.23. The fourth-order valence-corrected chi connectivity index (χ4v) is 2.77. The van der Waals surface area contributed by atoms with Crippen molar-refractivity contribution in [2.45, 2.75) is 31.7 Å². The summed E-state index contributed by atoms with van der Waals surface area (Å²) < 4.78 is 0. The molecule has 114 valence electrons. The van der Waals surface area contributed by atoms with Crippen LogP contribution in [0.2, 0.25) is 0 Å². The van der Waals surface area contributed by atoms with E-state index in [1.165, 1.54) is 18.2 Å². The number of carbonyl (C=O) groups is 1. The van der Waals surface area contributed by atoms with Crippen LogP contribution in [0.3, 0.4) is 0 Å². The van der Waals surface area contributed by atoms with Crippen LogP contribution in [0.4, 0.5) is 11.4 Å². The van der Waals surface area contributed by atoms with Crippen molar-refractivity contribution in [3.63, 3.8) is 0 Å². The van der Waals surface area contributed by atoms with Crippen LogP contribution in [0, 0.1) is 10.1 Å². The number of piperidine rings is 1. The second-order valence-corrected chi connectivity index (χ2v) is 5.16. The summed E-state index contributed by atoms with van der Waals surface area (Å²) in [6.45, 7) is 0.602. The quantitative estimate of drug-likeness (QED) is 0.497. The fourth-order valence-electron chi connectivity index (χ4n) is 2.77. The number of nitro benzene ring substituents is 1. The number of hydrogen-bond acceptors (Lipinski definition) is 5. The molecule has 1 saturated heterocycles. The van der Waals surface area contributed by atoms with E-state index in [-0.39, 0.29) is 35.5 Å². The molecule has 0 saturated carbocycles. The van der Waals surface area contributed by atoms with Crippen LogP contribution >= 0.6 is 0 Å². The van der Waals surface area contributed by atoms with Gasteiger partial charge in [0.25, 0.3) is 11.6 Å². The van der Waals surface area contributed by atoms with Gasteiger partial charge in [0.1, 0.15) is 5.69 Å². The molecule has 1 amide bonds. The van der Waals surface area contributed by atoms with Gasteiger partial charge in [-0.05, 0) is 31.7 Å². The van der Waals surface area contributed by atoms with Gasteiger partial charge in [-0.2, -0.15) is 0 Å². The third kappa shape index (κ3) is 3.13. The van der Waals surface area contributed by atoms with Crippen LogP contribution in [0.5, 0.6) is 0 Å². The van der Waals surface area contributed by atoms with Gasteiger partial charge in [0.15, 0.2) is 0 Å². The molecule has 1 aromatic rings. The summed E-state index contributed by atoms with van der Waals surface area (Å²) in [5.74, 6) is -0.297. The number of nitrogens with two attached hydrogens (primary N) is 1. The zero-order valence-electron chi connectivity index (χ0n) is 11.7. The largest absolute Gasteiger partial charge is 0.396 e. The van der Waals surface area contributed by atoms with Gasteiger partial charge in [0, 0.05) is 25.3 Å². The molecule has 1 heterocycles. The molecule has 2 rings (SSSR count). The number of likely N-dealkylation sites (tertiary alicyclic amines) is 1. The Morgan fingerprint density at radius 3 is 2.90 bits per heavy atom. The number of nitrogen functional groups attached to an aromatic ring is 1. The summed E-state index contributed by atoms with van der Waals surface area (Å²) in [7, 11) is 0. The van der Waals surface area contributed by atoms with E-state index in [9.17, 15) is 14.9 Å². The van der Waals surface area contributed by atoms with Crippen molar-refractivity contribution < 1.29 is 14.8 Å². The summed E-state index contributed by atoms with van der Waals surface area (Å²) in [5, 5.41) is 20.0. The lowest BCUT2D eigenvalue weighted by atomic mass is 9.98. The normalized spacial score (nSPS) is 18.5. The third-order valence-electron chi connectivity index (χ3n) is 3.86. The number of amides is 1. The van der Waals surface area contributed by atoms with Crippen LogP contribution in [0.1, 0.15) is 36.0 Å². The minimum Gasteiger partial charge on any atom is -0.396 e. The number of benzene rings is 1. The maximum Gasteiger partial charge on any atom is 0.292 e. The number of nitrogens with zero attached hydrogens (tertiary/aromatic N) is 2. The Morgan fingerprint density at radius 1 is 1.48 bits per heavy atom. The van der Waals surface area contributed by atoms with Crippen molar-refractivity contribution in [2.24, 2.45) is 0 Å². The van der Waals surface area contributed by atoms with Crippen LogP contribution in [-0.4, -0.2) is 40.0 Å². The molecule has 0 aliphatic carbocycles. The van der Waals surface area contributed by atoms with E-state index in [1.807, 2.05) is 0 Å². The highest BCUT2D eigenvalue weighted by atomic mass is 16.6. The first-order valence-corrected chi connectivity index (χ1v) is 7.01. The van der Waals surface area contributed by atoms with E-state index in [0.717, 1.165) is 19.3 Å². The zero-order valence-corrected chi connectivity index (χ0v) is 11.7. The molecule has 1 fully saturated rings. The summed E-state index contributed by atoms with van der Waals surface area (Å²) in [6.07, 6.45) is 3.25. The van der Waals surface area contributed by atoms with Gasteiger partial charge in [-0.1, -0.05) is 6.07 Å². The molecule has 3 N–H and O–H groups in total. The number of aliphatic hydroxyl groups excluding tert-OH is 1. The molecule has 1 atom stereocenters. The van der Waals surface area contributed by atoms with Gasteiger partial charge in [0.2, 0.25) is 0 Å². The molecule has 21 heavy (non-hydrogen) atoms. The predicted molar refractivity (Wildman–Crippen MR) is 77.9 cm³/mol. The van der Waals surface area contributed by atoms with Crippen molar-refractivity contribution in [1.29, 1.82) is 0 Å². The molecule has 0 radical (unpaired) electrons. The van der Waals surface area contributed by atoms with Crippen LogP contribution < -0.4 is 5.73 Å². The van der Waals surface area contributed by atoms with Crippen molar-refractivity contribution in [3.8, 4) is 0 Å². The van der Waals surface area contributed by atoms with Crippen molar-refractivity contribution in [1.82, 2.24) is 4.90 Å². The van der Waals surface area contributed by atoms with Gasteiger partial charge in [-0.15, -0.1) is 0 Å². The Morgan fingerprint density at radius 2 is 2.24 bits per heavy atom. The smallest absolute Gasteiger partial charge is 0.292 e. The number of aliphatic hydroxyl groups is 1. The van der Waals surface area contributed by atoms with Crippen LogP contribution in [0.25, 0.3) is 0 Å². The number of rotatable bonds is 4. The highest BCUT2D eigenvalue weighted by Gasteiger charge is 2.29. The average molecular weight is 293 g/mol. The van der Waals surface area contributed by atoms with E-state index < -0.39 is 4.92 Å². The molecule has 0 spiro atoms.